The molecule has 2 rings (SSSR count). The van der Waals surface area contributed by atoms with Gasteiger partial charge in [-0.05, 0) is 36.2 Å². The number of carbonyl (C=O) groups excluding carboxylic acids is 1. The highest BCUT2D eigenvalue weighted by molar-refractivity contribution is 7.91. The van der Waals surface area contributed by atoms with Crippen LogP contribution < -0.4 is 5.32 Å². The predicted molar refractivity (Wildman–Crippen MR) is 97.7 cm³/mol. The van der Waals surface area contributed by atoms with Gasteiger partial charge in [-0.2, -0.15) is 0 Å². The number of unbranched alkanes of at least 4 members (excludes halogenated alkanes) is 1. The first-order chi connectivity index (χ1) is 12.3. The molecular formula is C19H21NO5S. The van der Waals surface area contributed by atoms with Gasteiger partial charge < -0.3 is 10.4 Å². The number of nitrogens with one attached hydrogen (secondary N) is 1. The van der Waals surface area contributed by atoms with Crippen molar-refractivity contribution in [2.45, 2.75) is 30.7 Å². The van der Waals surface area contributed by atoms with Gasteiger partial charge in [-0.1, -0.05) is 43.7 Å². The lowest BCUT2D eigenvalue weighted by Gasteiger charge is -2.15. The quantitative estimate of drug-likeness (QED) is 0.739. The Labute approximate surface area is 152 Å². The summed E-state index contributed by atoms with van der Waals surface area (Å²) in [6, 6.07) is 12.7. The zero-order chi connectivity index (χ0) is 19.2. The van der Waals surface area contributed by atoms with Crippen LogP contribution in [0.25, 0.3) is 0 Å². The second-order valence-corrected chi connectivity index (χ2v) is 7.96. The number of rotatable bonds is 8. The van der Waals surface area contributed by atoms with Gasteiger partial charge in [-0.25, -0.2) is 13.2 Å². The Kier molecular flexibility index (Phi) is 6.52. The van der Waals surface area contributed by atoms with Crippen LogP contribution >= 0.6 is 0 Å². The molecule has 0 aliphatic heterocycles. The summed E-state index contributed by atoms with van der Waals surface area (Å²) in [6.45, 7) is 1.91. The van der Waals surface area contributed by atoms with Crippen molar-refractivity contribution in [1.29, 1.82) is 0 Å². The molecule has 0 fully saturated rings. The smallest absolute Gasteiger partial charge is 0.330 e. The molecule has 2 aromatic rings. The van der Waals surface area contributed by atoms with Crippen molar-refractivity contribution in [2.75, 3.05) is 5.75 Å². The fourth-order valence-corrected chi connectivity index (χ4v) is 3.87. The van der Waals surface area contributed by atoms with Crippen LogP contribution in [0.15, 0.2) is 59.5 Å². The van der Waals surface area contributed by atoms with Gasteiger partial charge in [-0.15, -0.1) is 0 Å². The minimum absolute atomic E-state index is 0.0597. The molecule has 0 aromatic heterocycles. The first-order valence-corrected chi connectivity index (χ1v) is 9.92. The number of hydrogen-bond donors (Lipinski definition) is 2. The van der Waals surface area contributed by atoms with E-state index in [-0.39, 0.29) is 16.2 Å². The maximum Gasteiger partial charge on any atom is 0.330 e. The monoisotopic (exact) mass is 375 g/mol. The van der Waals surface area contributed by atoms with E-state index in [4.69, 9.17) is 0 Å². The van der Waals surface area contributed by atoms with E-state index in [9.17, 15) is 23.1 Å². The number of carboxylic acid groups (broad SMARTS) is 1. The fourth-order valence-electron chi connectivity index (χ4n) is 2.41. The third-order valence-corrected chi connectivity index (χ3v) is 5.71. The van der Waals surface area contributed by atoms with E-state index in [1.165, 1.54) is 24.3 Å². The van der Waals surface area contributed by atoms with E-state index in [1.54, 1.807) is 30.3 Å². The number of sulfone groups is 1. The number of hydrogen-bond acceptors (Lipinski definition) is 4. The SMILES string of the molecule is CCCCS(=O)(=O)c1ccc(C(=O)NC(C(=O)O)c2ccccc2)cc1. The zero-order valence-electron chi connectivity index (χ0n) is 14.4. The zero-order valence-corrected chi connectivity index (χ0v) is 15.2. The van der Waals surface area contributed by atoms with Gasteiger partial charge in [0.15, 0.2) is 15.9 Å². The molecular weight excluding hydrogens is 354 g/mol. The standard InChI is InChI=1S/C19H21NO5S/c1-2-3-13-26(24,25)16-11-9-15(10-12-16)18(21)20-17(19(22)23)14-7-5-4-6-8-14/h4-12,17H,2-3,13H2,1H3,(H,20,21)(H,22,23). The average Bonchev–Trinajstić information content (AvgIpc) is 2.65. The maximum atomic E-state index is 12.3. The second kappa shape index (κ2) is 8.62. The topological polar surface area (TPSA) is 101 Å². The summed E-state index contributed by atoms with van der Waals surface area (Å²) >= 11 is 0. The summed E-state index contributed by atoms with van der Waals surface area (Å²) in [5.74, 6) is -1.70. The highest BCUT2D eigenvalue weighted by atomic mass is 32.2. The molecule has 0 saturated carbocycles. The molecule has 1 amide bonds. The van der Waals surface area contributed by atoms with Crippen molar-refractivity contribution >= 4 is 21.7 Å². The second-order valence-electron chi connectivity index (χ2n) is 5.85. The van der Waals surface area contributed by atoms with Crippen molar-refractivity contribution < 1.29 is 23.1 Å². The van der Waals surface area contributed by atoms with Crippen LogP contribution in [0.5, 0.6) is 0 Å². The molecule has 7 heteroatoms. The van der Waals surface area contributed by atoms with Gasteiger partial charge in [-0.3, -0.25) is 4.79 Å². The largest absolute Gasteiger partial charge is 0.479 e. The molecule has 2 N–H and O–H groups in total. The lowest BCUT2D eigenvalue weighted by Crippen LogP contribution is -2.33. The summed E-state index contributed by atoms with van der Waals surface area (Å²) < 4.78 is 24.3. The van der Waals surface area contributed by atoms with Crippen molar-refractivity contribution in [1.82, 2.24) is 5.32 Å². The highest BCUT2D eigenvalue weighted by Gasteiger charge is 2.23. The molecule has 2 aromatic carbocycles. The minimum atomic E-state index is -3.37. The summed E-state index contributed by atoms with van der Waals surface area (Å²) in [5, 5.41) is 11.8. The van der Waals surface area contributed by atoms with E-state index in [1.807, 2.05) is 6.92 Å². The van der Waals surface area contributed by atoms with Gasteiger partial charge in [0, 0.05) is 5.56 Å². The molecule has 0 heterocycles. The predicted octanol–water partition coefficient (Wildman–Crippen LogP) is 2.82. The first kappa shape index (κ1) is 19.7. The van der Waals surface area contributed by atoms with Crippen LogP contribution in [-0.4, -0.2) is 31.2 Å². The van der Waals surface area contributed by atoms with E-state index in [0.29, 0.717) is 12.0 Å². The Morgan fingerprint density at radius 3 is 2.19 bits per heavy atom. The van der Waals surface area contributed by atoms with Crippen LogP contribution in [0.3, 0.4) is 0 Å². The van der Waals surface area contributed by atoms with Gasteiger partial charge in [0.2, 0.25) is 0 Å². The normalized spacial score (nSPS) is 12.3. The molecule has 0 radical (unpaired) electrons. The van der Waals surface area contributed by atoms with Crippen molar-refractivity contribution in [3.8, 4) is 0 Å². The molecule has 1 unspecified atom stereocenters. The Balaban J connectivity index is 2.15. The van der Waals surface area contributed by atoms with Crippen LogP contribution in [0.2, 0.25) is 0 Å². The molecule has 0 bridgehead atoms. The number of aliphatic carboxylic acids is 1. The highest BCUT2D eigenvalue weighted by Crippen LogP contribution is 2.16. The molecule has 1 atom stereocenters. The average molecular weight is 375 g/mol. The van der Waals surface area contributed by atoms with E-state index in [0.717, 1.165) is 6.42 Å². The van der Waals surface area contributed by atoms with E-state index >= 15 is 0 Å². The minimum Gasteiger partial charge on any atom is -0.479 e. The van der Waals surface area contributed by atoms with Crippen molar-refractivity contribution in [2.24, 2.45) is 0 Å². The first-order valence-electron chi connectivity index (χ1n) is 8.26. The molecule has 0 spiro atoms. The summed E-state index contributed by atoms with van der Waals surface area (Å²) in [4.78, 5) is 24.0. The third kappa shape index (κ3) is 4.92. The molecule has 138 valence electrons. The maximum absolute atomic E-state index is 12.3. The number of carbonyl (C=O) groups is 2. The van der Waals surface area contributed by atoms with Gasteiger partial charge in [0.1, 0.15) is 0 Å². The molecule has 6 nitrogen and oxygen atoms in total. The van der Waals surface area contributed by atoms with Crippen LogP contribution in [0, 0.1) is 0 Å². The lowest BCUT2D eigenvalue weighted by molar-refractivity contribution is -0.139. The molecule has 0 saturated heterocycles. The third-order valence-electron chi connectivity index (χ3n) is 3.90. The van der Waals surface area contributed by atoms with Gasteiger partial charge >= 0.3 is 5.97 Å². The van der Waals surface area contributed by atoms with Crippen LogP contribution in [-0.2, 0) is 14.6 Å². The Morgan fingerprint density at radius 2 is 1.65 bits per heavy atom. The summed E-state index contributed by atoms with van der Waals surface area (Å²) in [7, 11) is -3.37. The Morgan fingerprint density at radius 1 is 1.04 bits per heavy atom. The fraction of sp³-hybridized carbons (Fsp3) is 0.263. The van der Waals surface area contributed by atoms with E-state index < -0.39 is 27.8 Å². The Hall–Kier alpha value is -2.67. The number of carboxylic acids is 1. The van der Waals surface area contributed by atoms with Crippen LogP contribution in [0.4, 0.5) is 0 Å². The summed E-state index contributed by atoms with van der Waals surface area (Å²) in [6.07, 6.45) is 1.34. The number of benzene rings is 2. The number of amides is 1. The Bertz CT molecular complexity index is 861. The van der Waals surface area contributed by atoms with Crippen LogP contribution in [0.1, 0.15) is 41.7 Å². The molecule has 0 aliphatic carbocycles. The lowest BCUT2D eigenvalue weighted by atomic mass is 10.1. The van der Waals surface area contributed by atoms with E-state index in [2.05, 4.69) is 5.32 Å². The van der Waals surface area contributed by atoms with Gasteiger partial charge in [0.25, 0.3) is 5.91 Å². The molecule has 0 aliphatic rings. The summed E-state index contributed by atoms with van der Waals surface area (Å²) in [5.41, 5.74) is 0.647. The van der Waals surface area contributed by atoms with Gasteiger partial charge in [0.05, 0.1) is 10.6 Å². The molecule has 26 heavy (non-hydrogen) atoms. The van der Waals surface area contributed by atoms with Crippen molar-refractivity contribution in [3.63, 3.8) is 0 Å². The van der Waals surface area contributed by atoms with Crippen molar-refractivity contribution in [3.05, 3.63) is 65.7 Å².